The van der Waals surface area contributed by atoms with E-state index in [0.29, 0.717) is 17.0 Å². The number of anilines is 1. The Hall–Kier alpha value is -3.03. The van der Waals surface area contributed by atoms with Crippen LogP contribution in [0, 0.1) is 22.5 Å². The maximum Gasteiger partial charge on any atom is 0.164 e. The van der Waals surface area contributed by atoms with E-state index in [2.05, 4.69) is 76.5 Å². The fourth-order valence-corrected chi connectivity index (χ4v) is 3.09. The molecular weight excluding hydrogens is 368 g/mol. The van der Waals surface area contributed by atoms with Crippen LogP contribution < -0.4 is 5.32 Å². The van der Waals surface area contributed by atoms with E-state index in [1.54, 1.807) is 29.3 Å². The second-order valence-electron chi connectivity index (χ2n) is 9.01. The van der Waals surface area contributed by atoms with E-state index in [0.717, 1.165) is 16.6 Å². The van der Waals surface area contributed by atoms with Crippen molar-refractivity contribution in [1.82, 2.24) is 19.7 Å². The predicted octanol–water partition coefficient (Wildman–Crippen LogP) is 3.41. The molecule has 0 spiro atoms. The van der Waals surface area contributed by atoms with Crippen molar-refractivity contribution < 1.29 is 0 Å². The minimum Gasteiger partial charge on any atom is -0.382 e. The number of nitrogens with one attached hydrogen (secondary N) is 1. The number of rotatable bonds is 3. The number of aromatic nitrogens is 4. The van der Waals surface area contributed by atoms with Crippen molar-refractivity contribution in [3.05, 3.63) is 41.9 Å². The number of hydrogen-bond acceptors (Lipinski definition) is 5. The number of thiol groups is 1. The fraction of sp³-hybridized carbons (Fsp3) is 0.333. The molecule has 3 rings (SSSR count). The molecule has 0 aliphatic heterocycles. The Morgan fingerprint density at radius 2 is 1.82 bits per heavy atom. The van der Waals surface area contributed by atoms with Crippen LogP contribution >= 0.6 is 9.16 Å². The number of nitrogens with zero attached hydrogens (tertiary/aromatic N) is 5. The average molecular weight is 395 g/mol. The third-order valence-corrected chi connectivity index (χ3v) is 4.73. The maximum absolute atomic E-state index is 9.05. The van der Waals surface area contributed by atoms with Gasteiger partial charge in [0.05, 0.1) is 23.0 Å². The smallest absolute Gasteiger partial charge is 0.164 e. The van der Waals surface area contributed by atoms with Crippen LogP contribution in [0.3, 0.4) is 0 Å². The third-order valence-electron chi connectivity index (χ3n) is 3.73. The molecule has 0 unspecified atom stereocenters. The van der Waals surface area contributed by atoms with Gasteiger partial charge in [-0.3, -0.25) is 0 Å². The zero-order valence-corrected chi connectivity index (χ0v) is 18.0. The Labute approximate surface area is 166 Å². The van der Waals surface area contributed by atoms with Gasteiger partial charge in [0.25, 0.3) is 0 Å². The van der Waals surface area contributed by atoms with Gasteiger partial charge in [0, 0.05) is 29.9 Å². The first-order valence-electron chi connectivity index (χ1n) is 9.07. The SMILES string of the molecule is CC(C)Nc1cc(-n2ncc3cc(C#N)cnc32)ncc1C#C[SH](C)(C)(C)C. The molecule has 3 aromatic heterocycles. The Morgan fingerprint density at radius 3 is 2.46 bits per heavy atom. The third kappa shape index (κ3) is 4.62. The van der Waals surface area contributed by atoms with Gasteiger partial charge < -0.3 is 5.32 Å². The molecule has 0 saturated carbocycles. The molecule has 0 amide bonds. The Kier molecular flexibility index (Phi) is 4.82. The number of nitriles is 1. The second-order valence-corrected chi connectivity index (χ2v) is 16.4. The van der Waals surface area contributed by atoms with Gasteiger partial charge in [-0.05, 0) is 44.9 Å². The largest absolute Gasteiger partial charge is 0.382 e. The van der Waals surface area contributed by atoms with Crippen LogP contribution in [0.15, 0.2) is 30.7 Å². The molecule has 28 heavy (non-hydrogen) atoms. The lowest BCUT2D eigenvalue weighted by atomic mass is 10.2. The quantitative estimate of drug-likeness (QED) is 0.526. The molecule has 6 nitrogen and oxygen atoms in total. The standard InChI is InChI=1S/C21H26N6S/c1-15(2)26-19-10-20(23-13-17(19)7-8-28(3,4,5)6)27-21-18(14-25-27)9-16(11-22)12-24-21/h9-10,12-15,28H,1-6H3,(H,23,26). The van der Waals surface area contributed by atoms with Crippen molar-refractivity contribution in [3.63, 3.8) is 0 Å². The van der Waals surface area contributed by atoms with Crippen LogP contribution in [-0.2, 0) is 0 Å². The Morgan fingerprint density at radius 1 is 1.07 bits per heavy atom. The topological polar surface area (TPSA) is 79.4 Å². The van der Waals surface area contributed by atoms with Gasteiger partial charge in [-0.25, -0.2) is 19.1 Å². The van der Waals surface area contributed by atoms with E-state index >= 15 is 0 Å². The summed E-state index contributed by atoms with van der Waals surface area (Å²) < 4.78 is 1.68. The molecule has 0 bridgehead atoms. The molecule has 0 radical (unpaired) electrons. The van der Waals surface area contributed by atoms with Crippen LogP contribution in [0.2, 0.25) is 0 Å². The van der Waals surface area contributed by atoms with E-state index in [1.165, 1.54) is 0 Å². The second kappa shape index (κ2) is 6.85. The van der Waals surface area contributed by atoms with Gasteiger partial charge in [-0.15, -0.1) is 0 Å². The zero-order chi connectivity index (χ0) is 20.6. The maximum atomic E-state index is 9.05. The van der Waals surface area contributed by atoms with Crippen molar-refractivity contribution in [3.8, 4) is 23.1 Å². The van der Waals surface area contributed by atoms with Crippen LogP contribution in [-0.4, -0.2) is 50.8 Å². The summed E-state index contributed by atoms with van der Waals surface area (Å²) >= 11 is 0. The predicted molar refractivity (Wildman–Crippen MR) is 120 cm³/mol. The highest BCUT2D eigenvalue weighted by Crippen LogP contribution is 2.54. The van der Waals surface area contributed by atoms with E-state index < -0.39 is 9.16 Å². The van der Waals surface area contributed by atoms with Gasteiger partial charge >= 0.3 is 0 Å². The summed E-state index contributed by atoms with van der Waals surface area (Å²) in [7, 11) is -1.95. The highest BCUT2D eigenvalue weighted by Gasteiger charge is 2.15. The van der Waals surface area contributed by atoms with Crippen molar-refractivity contribution in [1.29, 1.82) is 5.26 Å². The van der Waals surface area contributed by atoms with Crippen LogP contribution in [0.1, 0.15) is 25.0 Å². The first kappa shape index (κ1) is 19.7. The normalized spacial score (nSPS) is 12.7. The summed E-state index contributed by atoms with van der Waals surface area (Å²) in [6.45, 7) is 4.18. The molecule has 0 aliphatic carbocycles. The van der Waals surface area contributed by atoms with Crippen molar-refractivity contribution in [2.45, 2.75) is 19.9 Å². The molecule has 0 fully saturated rings. The molecule has 0 saturated heterocycles. The average Bonchev–Trinajstić information content (AvgIpc) is 3.01. The molecular formula is C21H26N6S. The summed E-state index contributed by atoms with van der Waals surface area (Å²) in [6.07, 6.45) is 13.9. The van der Waals surface area contributed by atoms with E-state index in [1.807, 2.05) is 6.07 Å². The van der Waals surface area contributed by atoms with E-state index in [9.17, 15) is 0 Å². The summed E-state index contributed by atoms with van der Waals surface area (Å²) in [5.74, 6) is 3.98. The molecule has 3 aromatic rings. The first-order valence-corrected chi connectivity index (χ1v) is 13.1. The van der Waals surface area contributed by atoms with Crippen molar-refractivity contribution >= 4 is 25.9 Å². The minimum atomic E-state index is -1.95. The Bertz CT molecular complexity index is 1140. The molecule has 0 aliphatic rings. The van der Waals surface area contributed by atoms with E-state index in [4.69, 9.17) is 5.26 Å². The molecule has 146 valence electrons. The van der Waals surface area contributed by atoms with Crippen LogP contribution in [0.25, 0.3) is 16.9 Å². The summed E-state index contributed by atoms with van der Waals surface area (Å²) in [6, 6.07) is 6.07. The molecule has 1 N–H and O–H groups in total. The van der Waals surface area contributed by atoms with Gasteiger partial charge in [-0.2, -0.15) is 15.0 Å². The van der Waals surface area contributed by atoms with Gasteiger partial charge in [0.15, 0.2) is 11.5 Å². The number of pyridine rings is 2. The summed E-state index contributed by atoms with van der Waals surface area (Å²) in [4.78, 5) is 8.95. The lowest BCUT2D eigenvalue weighted by molar-refractivity contribution is 0.857. The Balaban J connectivity index is 2.10. The minimum absolute atomic E-state index is 0.253. The van der Waals surface area contributed by atoms with Gasteiger partial charge in [-0.1, -0.05) is 11.2 Å². The molecule has 0 atom stereocenters. The zero-order valence-electron chi connectivity index (χ0n) is 17.1. The molecule has 3 heterocycles. The highest BCUT2D eigenvalue weighted by atomic mass is 32.3. The van der Waals surface area contributed by atoms with Crippen LogP contribution in [0.5, 0.6) is 0 Å². The van der Waals surface area contributed by atoms with Crippen molar-refractivity contribution in [2.75, 3.05) is 30.3 Å². The lowest BCUT2D eigenvalue weighted by Gasteiger charge is -2.40. The van der Waals surface area contributed by atoms with E-state index in [-0.39, 0.29) is 6.04 Å². The van der Waals surface area contributed by atoms with Crippen LogP contribution in [0.4, 0.5) is 5.69 Å². The van der Waals surface area contributed by atoms with Gasteiger partial charge in [0.1, 0.15) is 6.07 Å². The number of fused-ring (bicyclic) bond motifs is 1. The first-order chi connectivity index (χ1) is 13.0. The monoisotopic (exact) mass is 394 g/mol. The molecule has 0 aromatic carbocycles. The summed E-state index contributed by atoms with van der Waals surface area (Å²) in [5, 5.41) is 21.2. The fourth-order valence-electron chi connectivity index (χ4n) is 2.52. The van der Waals surface area contributed by atoms with Gasteiger partial charge in [0.2, 0.25) is 0 Å². The molecule has 7 heteroatoms. The lowest BCUT2D eigenvalue weighted by Crippen LogP contribution is -2.12. The number of hydrogen-bond donors (Lipinski definition) is 2. The highest BCUT2D eigenvalue weighted by molar-refractivity contribution is 8.51. The van der Waals surface area contributed by atoms with Crippen molar-refractivity contribution in [2.24, 2.45) is 0 Å². The summed E-state index contributed by atoms with van der Waals surface area (Å²) in [5.41, 5.74) is 2.96.